The molecule has 1 aromatic rings. The molecule has 1 rings (SSSR count). The van der Waals surface area contributed by atoms with Gasteiger partial charge in [-0.15, -0.1) is 0 Å². The molecule has 20 heavy (non-hydrogen) atoms. The Labute approximate surface area is 127 Å². The van der Waals surface area contributed by atoms with Gasteiger partial charge < -0.3 is 9.47 Å². The summed E-state index contributed by atoms with van der Waals surface area (Å²) in [6, 6.07) is 7.65. The molecule has 0 heterocycles. The zero-order chi connectivity index (χ0) is 15.0. The quantitative estimate of drug-likeness (QED) is 0.714. The van der Waals surface area contributed by atoms with E-state index in [0.717, 1.165) is 10.0 Å². The van der Waals surface area contributed by atoms with Gasteiger partial charge in [-0.05, 0) is 38.0 Å². The van der Waals surface area contributed by atoms with Crippen LogP contribution in [0.1, 0.15) is 25.8 Å². The lowest BCUT2D eigenvalue weighted by molar-refractivity contribution is -0.154. The van der Waals surface area contributed by atoms with E-state index in [2.05, 4.69) is 15.9 Å². The van der Waals surface area contributed by atoms with Crippen LogP contribution in [0.4, 0.5) is 0 Å². The van der Waals surface area contributed by atoms with Crippen LogP contribution in [0.3, 0.4) is 0 Å². The molecule has 110 valence electrons. The summed E-state index contributed by atoms with van der Waals surface area (Å²) in [6.07, 6.45) is 0.508. The Bertz CT molecular complexity index is 442. The Morgan fingerprint density at radius 2 is 1.70 bits per heavy atom. The molecule has 0 amide bonds. The van der Waals surface area contributed by atoms with Gasteiger partial charge in [-0.2, -0.15) is 0 Å². The maximum Gasteiger partial charge on any atom is 0.309 e. The largest absolute Gasteiger partial charge is 0.466 e. The molecule has 0 aromatic heterocycles. The molecule has 1 aromatic carbocycles. The first-order valence-corrected chi connectivity index (χ1v) is 7.42. The first-order valence-electron chi connectivity index (χ1n) is 6.63. The summed E-state index contributed by atoms with van der Waals surface area (Å²) in [5, 5.41) is 0. The van der Waals surface area contributed by atoms with Crippen molar-refractivity contribution in [3.8, 4) is 0 Å². The van der Waals surface area contributed by atoms with Crippen molar-refractivity contribution in [2.24, 2.45) is 5.92 Å². The van der Waals surface area contributed by atoms with Crippen LogP contribution in [0.25, 0.3) is 0 Å². The first-order chi connectivity index (χ1) is 9.56. The molecule has 0 N–H and O–H groups in total. The fourth-order valence-corrected chi connectivity index (χ4v) is 2.09. The predicted molar refractivity (Wildman–Crippen MR) is 79.2 cm³/mol. The maximum absolute atomic E-state index is 11.9. The zero-order valence-corrected chi connectivity index (χ0v) is 13.3. The van der Waals surface area contributed by atoms with Crippen LogP contribution in [0.2, 0.25) is 0 Å². The summed E-state index contributed by atoms with van der Waals surface area (Å²) >= 11 is 3.36. The van der Waals surface area contributed by atoms with Crippen molar-refractivity contribution >= 4 is 27.9 Å². The van der Waals surface area contributed by atoms with Crippen LogP contribution >= 0.6 is 15.9 Å². The number of carbonyl (C=O) groups excluding carboxylic acids is 2. The van der Waals surface area contributed by atoms with E-state index in [4.69, 9.17) is 9.47 Å². The van der Waals surface area contributed by atoms with E-state index >= 15 is 0 Å². The minimum absolute atomic E-state index is 0.0444. The second kappa shape index (κ2) is 8.74. The molecule has 0 bridgehead atoms. The Morgan fingerprint density at radius 3 is 2.25 bits per heavy atom. The highest BCUT2D eigenvalue weighted by atomic mass is 79.9. The highest BCUT2D eigenvalue weighted by Gasteiger charge is 2.24. The van der Waals surface area contributed by atoms with Crippen molar-refractivity contribution < 1.29 is 19.1 Å². The van der Waals surface area contributed by atoms with Crippen LogP contribution in [-0.4, -0.2) is 25.2 Å². The molecule has 1 atom stereocenters. The van der Waals surface area contributed by atoms with Gasteiger partial charge in [-0.3, -0.25) is 9.59 Å². The third-order valence-electron chi connectivity index (χ3n) is 2.73. The molecule has 4 nitrogen and oxygen atoms in total. The average molecular weight is 343 g/mol. The Kier molecular flexibility index (Phi) is 7.30. The van der Waals surface area contributed by atoms with Crippen molar-refractivity contribution in [1.82, 2.24) is 0 Å². The van der Waals surface area contributed by atoms with Gasteiger partial charge >= 0.3 is 11.9 Å². The normalized spacial score (nSPS) is 11.8. The van der Waals surface area contributed by atoms with Crippen molar-refractivity contribution in [3.05, 3.63) is 34.3 Å². The van der Waals surface area contributed by atoms with Gasteiger partial charge in [0, 0.05) is 4.47 Å². The van der Waals surface area contributed by atoms with Crippen LogP contribution in [0.15, 0.2) is 28.7 Å². The molecule has 5 heteroatoms. The number of esters is 2. The van der Waals surface area contributed by atoms with Crippen molar-refractivity contribution in [3.63, 3.8) is 0 Å². The summed E-state index contributed by atoms with van der Waals surface area (Å²) in [6.45, 7) is 4.11. The number of halogens is 1. The van der Waals surface area contributed by atoms with Crippen LogP contribution in [0.5, 0.6) is 0 Å². The predicted octanol–water partition coefficient (Wildman–Crippen LogP) is 3.12. The van der Waals surface area contributed by atoms with E-state index < -0.39 is 5.92 Å². The minimum atomic E-state index is -0.504. The molecular weight excluding hydrogens is 324 g/mol. The summed E-state index contributed by atoms with van der Waals surface area (Å²) in [5.74, 6) is -1.23. The van der Waals surface area contributed by atoms with Crippen LogP contribution in [-0.2, 0) is 25.5 Å². The molecule has 0 aliphatic rings. The maximum atomic E-state index is 11.9. The lowest BCUT2D eigenvalue weighted by Gasteiger charge is -2.15. The number of benzene rings is 1. The van der Waals surface area contributed by atoms with Gasteiger partial charge in [0.1, 0.15) is 0 Å². The molecular formula is C15H19BrO4. The smallest absolute Gasteiger partial charge is 0.309 e. The highest BCUT2D eigenvalue weighted by Crippen LogP contribution is 2.18. The van der Waals surface area contributed by atoms with Crippen molar-refractivity contribution in [1.29, 1.82) is 0 Å². The first kappa shape index (κ1) is 16.7. The van der Waals surface area contributed by atoms with E-state index in [1.54, 1.807) is 13.8 Å². The molecule has 0 saturated carbocycles. The minimum Gasteiger partial charge on any atom is -0.466 e. The summed E-state index contributed by atoms with van der Waals surface area (Å²) in [7, 11) is 0. The summed E-state index contributed by atoms with van der Waals surface area (Å²) in [4.78, 5) is 23.5. The van der Waals surface area contributed by atoms with Gasteiger partial charge in [0.05, 0.1) is 25.6 Å². The van der Waals surface area contributed by atoms with Gasteiger partial charge in [0.25, 0.3) is 0 Å². The molecule has 0 saturated heterocycles. The van der Waals surface area contributed by atoms with E-state index in [9.17, 15) is 9.59 Å². The SMILES string of the molecule is CCOC(=O)C[C@@H](Cc1ccc(Br)cc1)C(=O)OCC. The monoisotopic (exact) mass is 342 g/mol. The fourth-order valence-electron chi connectivity index (χ4n) is 1.83. The number of hydrogen-bond donors (Lipinski definition) is 0. The Balaban J connectivity index is 2.73. The lowest BCUT2D eigenvalue weighted by atomic mass is 9.96. The zero-order valence-electron chi connectivity index (χ0n) is 11.7. The molecule has 0 unspecified atom stereocenters. The standard InChI is InChI=1S/C15H19BrO4/c1-3-19-14(17)10-12(15(18)20-4-2)9-11-5-7-13(16)8-6-11/h5-8,12H,3-4,9-10H2,1-2H3/t12-/m1/s1. The number of carbonyl (C=O) groups is 2. The highest BCUT2D eigenvalue weighted by molar-refractivity contribution is 9.10. The van der Waals surface area contributed by atoms with Crippen LogP contribution < -0.4 is 0 Å². The second-order valence-electron chi connectivity index (χ2n) is 4.29. The lowest BCUT2D eigenvalue weighted by Crippen LogP contribution is -2.24. The molecule has 0 spiro atoms. The van der Waals surface area contributed by atoms with Gasteiger partial charge in [-0.1, -0.05) is 28.1 Å². The van der Waals surface area contributed by atoms with Crippen molar-refractivity contribution in [2.45, 2.75) is 26.7 Å². The van der Waals surface area contributed by atoms with E-state index in [1.165, 1.54) is 0 Å². The molecule has 0 aliphatic carbocycles. The van der Waals surface area contributed by atoms with Crippen LogP contribution in [0, 0.1) is 5.92 Å². The van der Waals surface area contributed by atoms with Crippen molar-refractivity contribution in [2.75, 3.05) is 13.2 Å². The van der Waals surface area contributed by atoms with E-state index in [0.29, 0.717) is 19.6 Å². The molecule has 0 radical (unpaired) electrons. The Morgan fingerprint density at radius 1 is 1.10 bits per heavy atom. The molecule has 0 aliphatic heterocycles. The summed E-state index contributed by atoms with van der Waals surface area (Å²) < 4.78 is 10.9. The third-order valence-corrected chi connectivity index (χ3v) is 3.26. The molecule has 0 fully saturated rings. The van der Waals surface area contributed by atoms with Gasteiger partial charge in [-0.25, -0.2) is 0 Å². The second-order valence-corrected chi connectivity index (χ2v) is 5.20. The third kappa shape index (κ3) is 5.74. The van der Waals surface area contributed by atoms with Gasteiger partial charge in [0.2, 0.25) is 0 Å². The van der Waals surface area contributed by atoms with Gasteiger partial charge in [0.15, 0.2) is 0 Å². The summed E-state index contributed by atoms with van der Waals surface area (Å²) in [5.41, 5.74) is 0.982. The topological polar surface area (TPSA) is 52.6 Å². The number of ether oxygens (including phenoxy) is 2. The van der Waals surface area contributed by atoms with E-state index in [-0.39, 0.29) is 18.4 Å². The number of rotatable bonds is 7. The average Bonchev–Trinajstić information content (AvgIpc) is 2.41. The fraction of sp³-hybridized carbons (Fsp3) is 0.467. The number of hydrogen-bond acceptors (Lipinski definition) is 4. The van der Waals surface area contributed by atoms with E-state index in [1.807, 2.05) is 24.3 Å². The Hall–Kier alpha value is -1.36.